The largest absolute Gasteiger partial charge is 0.488 e. The Hall–Kier alpha value is -1.24. The second-order valence-electron chi connectivity index (χ2n) is 3.66. The molecule has 72 valence electrons. The molecule has 1 aliphatic rings. The highest BCUT2D eigenvalue weighted by Crippen LogP contribution is 2.36. The van der Waals surface area contributed by atoms with E-state index in [-0.39, 0.29) is 0 Å². The van der Waals surface area contributed by atoms with Gasteiger partial charge in [-0.2, -0.15) is 0 Å². The average Bonchev–Trinajstić information content (AvgIpc) is 2.60. The van der Waals surface area contributed by atoms with Crippen molar-refractivity contribution < 1.29 is 9.26 Å². The molecule has 0 N–H and O–H groups in total. The van der Waals surface area contributed by atoms with Crippen LogP contribution in [-0.4, -0.2) is 21.4 Å². The lowest BCUT2D eigenvalue weighted by Gasteiger charge is -2.16. The van der Waals surface area contributed by atoms with Gasteiger partial charge >= 0.3 is 0 Å². The molecule has 3 nitrogen and oxygen atoms in total. The maximum Gasteiger partial charge on any atom is 0.216 e. The lowest BCUT2D eigenvalue weighted by atomic mass is 10.0. The van der Waals surface area contributed by atoms with Gasteiger partial charge in [-0.1, -0.05) is 6.07 Å². The molecule has 2 aromatic rings. The van der Waals surface area contributed by atoms with Crippen molar-refractivity contribution in [2.24, 2.45) is 0 Å². The molecule has 4 heteroatoms. The monoisotopic (exact) mass is 213 g/mol. The first-order valence-electron chi connectivity index (χ1n) is 4.73. The van der Waals surface area contributed by atoms with E-state index in [1.54, 1.807) is 0 Å². The predicted molar refractivity (Wildman–Crippen MR) is 56.4 cm³/mol. The van der Waals surface area contributed by atoms with Crippen molar-refractivity contribution in [1.82, 2.24) is 5.16 Å². The number of rotatable bonds is 0. The molecule has 15 heavy (non-hydrogen) atoms. The Morgan fingerprint density at radius 3 is 3.13 bits per heavy atom. The fourth-order valence-electron chi connectivity index (χ4n) is 1.76. The second-order valence-corrected chi connectivity index (χ2v) is 4.21. The zero-order valence-electron chi connectivity index (χ0n) is 8.28. The highest BCUT2D eigenvalue weighted by Gasteiger charge is 2.22. The van der Waals surface area contributed by atoms with Crippen LogP contribution < -0.4 is 9.29 Å². The molecular formula is C11H8AlNO2. The van der Waals surface area contributed by atoms with Gasteiger partial charge in [-0.3, -0.25) is 0 Å². The van der Waals surface area contributed by atoms with Crippen molar-refractivity contribution in [2.45, 2.75) is 13.5 Å². The van der Waals surface area contributed by atoms with Crippen molar-refractivity contribution in [3.63, 3.8) is 0 Å². The lowest BCUT2D eigenvalue weighted by molar-refractivity contribution is 0.297. The summed E-state index contributed by atoms with van der Waals surface area (Å²) in [5.41, 5.74) is 3.20. The minimum absolute atomic E-state index is 0.536. The van der Waals surface area contributed by atoms with E-state index < -0.39 is 0 Å². The minimum Gasteiger partial charge on any atom is -0.488 e. The smallest absolute Gasteiger partial charge is 0.216 e. The summed E-state index contributed by atoms with van der Waals surface area (Å²) in [6.07, 6.45) is 0. The SMILES string of the molecule is Cc1ccc2c(c1)OCc1[c]([Al])noc1-2. The van der Waals surface area contributed by atoms with Crippen molar-refractivity contribution in [3.8, 4) is 17.1 Å². The Labute approximate surface area is 95.5 Å². The van der Waals surface area contributed by atoms with Gasteiger partial charge in [0.05, 0.1) is 5.56 Å². The van der Waals surface area contributed by atoms with Crippen molar-refractivity contribution in [3.05, 3.63) is 29.3 Å². The third kappa shape index (κ3) is 1.30. The molecule has 3 rings (SSSR count). The Morgan fingerprint density at radius 2 is 2.27 bits per heavy atom. The second kappa shape index (κ2) is 3.13. The summed E-state index contributed by atoms with van der Waals surface area (Å²) in [4.78, 5) is 0. The summed E-state index contributed by atoms with van der Waals surface area (Å²) >= 11 is 2.56. The van der Waals surface area contributed by atoms with Crippen LogP contribution >= 0.6 is 0 Å². The highest BCUT2D eigenvalue weighted by molar-refractivity contribution is 6.32. The number of nitrogens with zero attached hydrogens (tertiary/aromatic N) is 1. The number of ether oxygens (including phenoxy) is 1. The molecule has 1 aromatic heterocycles. The summed E-state index contributed by atoms with van der Waals surface area (Å²) in [6, 6.07) is 6.07. The molecule has 0 aliphatic carbocycles. The van der Waals surface area contributed by atoms with Crippen LogP contribution in [0.5, 0.6) is 5.75 Å². The Morgan fingerprint density at radius 1 is 1.40 bits per heavy atom. The maximum atomic E-state index is 5.66. The maximum absolute atomic E-state index is 5.66. The fraction of sp³-hybridized carbons (Fsp3) is 0.182. The molecule has 0 saturated carbocycles. The van der Waals surface area contributed by atoms with Gasteiger partial charge in [-0.15, -0.1) is 5.16 Å². The molecule has 2 radical (unpaired) electrons. The number of hydrogen-bond acceptors (Lipinski definition) is 3. The Bertz CT molecular complexity index is 533. The molecule has 1 aliphatic heterocycles. The van der Waals surface area contributed by atoms with Crippen molar-refractivity contribution in [2.75, 3.05) is 0 Å². The molecular weight excluding hydrogens is 205 g/mol. The summed E-state index contributed by atoms with van der Waals surface area (Å²) in [7, 11) is 0. The van der Waals surface area contributed by atoms with Crippen LogP contribution in [0.3, 0.4) is 0 Å². The zero-order chi connectivity index (χ0) is 10.4. The normalized spacial score (nSPS) is 12.9. The first kappa shape index (κ1) is 9.02. The van der Waals surface area contributed by atoms with Gasteiger partial charge in [0.15, 0.2) is 5.76 Å². The molecule has 1 aromatic carbocycles. The third-order valence-electron chi connectivity index (χ3n) is 2.57. The number of hydrogen-bond donors (Lipinski definition) is 0. The molecule has 0 atom stereocenters. The average molecular weight is 213 g/mol. The standard InChI is InChI=1S/C11H8NO2.Al/c1-7-2-3-9-10(4-7)13-6-8-5-12-14-11(8)9;/h2-4H,6H2,1H3;. The number of aromatic nitrogens is 1. The quantitative estimate of drug-likeness (QED) is 0.619. The van der Waals surface area contributed by atoms with Gasteiger partial charge in [-0.05, 0) is 29.2 Å². The van der Waals surface area contributed by atoms with E-state index in [1.807, 2.05) is 25.1 Å². The highest BCUT2D eigenvalue weighted by atomic mass is 27.0. The van der Waals surface area contributed by atoms with E-state index in [9.17, 15) is 0 Å². The minimum atomic E-state index is 0.536. The molecule has 0 unspecified atom stereocenters. The van der Waals surface area contributed by atoms with E-state index in [0.717, 1.165) is 27.2 Å². The zero-order valence-corrected chi connectivity index (χ0v) is 9.43. The van der Waals surface area contributed by atoms with Gasteiger partial charge in [0.25, 0.3) is 0 Å². The number of fused-ring (bicyclic) bond motifs is 3. The summed E-state index contributed by atoms with van der Waals surface area (Å²) < 4.78 is 11.8. The van der Waals surface area contributed by atoms with Crippen LogP contribution in [0, 0.1) is 6.92 Å². The Kier molecular flexibility index (Phi) is 1.88. The molecule has 0 fully saturated rings. The van der Waals surface area contributed by atoms with Gasteiger partial charge in [-0.25, -0.2) is 0 Å². The van der Waals surface area contributed by atoms with Gasteiger partial charge in [0.2, 0.25) is 16.3 Å². The third-order valence-corrected chi connectivity index (χ3v) is 3.03. The lowest BCUT2D eigenvalue weighted by Crippen LogP contribution is -2.14. The molecule has 0 bridgehead atoms. The first-order chi connectivity index (χ1) is 7.25. The van der Waals surface area contributed by atoms with Crippen LogP contribution in [0.25, 0.3) is 11.3 Å². The van der Waals surface area contributed by atoms with E-state index in [2.05, 4.69) is 21.4 Å². The fourth-order valence-corrected chi connectivity index (χ4v) is 2.03. The summed E-state index contributed by atoms with van der Waals surface area (Å²) in [6.45, 7) is 2.58. The summed E-state index contributed by atoms with van der Waals surface area (Å²) in [5.74, 6) is 1.71. The van der Waals surface area contributed by atoms with Crippen LogP contribution in [0.4, 0.5) is 0 Å². The van der Waals surface area contributed by atoms with E-state index >= 15 is 0 Å². The Balaban J connectivity index is 2.26. The van der Waals surface area contributed by atoms with Crippen molar-refractivity contribution >= 4 is 20.8 Å². The molecule has 0 saturated heterocycles. The number of aryl methyl sites for hydroxylation is 1. The van der Waals surface area contributed by atoms with Crippen LogP contribution in [0.2, 0.25) is 0 Å². The molecule has 2 heterocycles. The van der Waals surface area contributed by atoms with E-state index in [1.165, 1.54) is 5.56 Å². The van der Waals surface area contributed by atoms with E-state index in [0.29, 0.717) is 6.61 Å². The topological polar surface area (TPSA) is 35.3 Å². The molecule has 0 spiro atoms. The van der Waals surface area contributed by atoms with Gasteiger partial charge < -0.3 is 9.26 Å². The van der Waals surface area contributed by atoms with Crippen molar-refractivity contribution in [1.29, 1.82) is 0 Å². The van der Waals surface area contributed by atoms with Gasteiger partial charge in [0.1, 0.15) is 12.4 Å². The van der Waals surface area contributed by atoms with Gasteiger partial charge in [0, 0.05) is 5.56 Å². The number of benzene rings is 1. The first-order valence-corrected chi connectivity index (χ1v) is 5.31. The van der Waals surface area contributed by atoms with E-state index in [4.69, 9.17) is 9.26 Å². The van der Waals surface area contributed by atoms with Crippen LogP contribution in [-0.2, 0) is 6.61 Å². The van der Waals surface area contributed by atoms with Crippen LogP contribution in [0.15, 0.2) is 22.7 Å². The predicted octanol–water partition coefficient (Wildman–Crippen LogP) is 1.34. The molecule has 0 amide bonds. The van der Waals surface area contributed by atoms with Crippen LogP contribution in [0.1, 0.15) is 11.1 Å². The summed E-state index contributed by atoms with van der Waals surface area (Å²) in [5, 5.41) is 3.93.